The molecule has 0 aliphatic carbocycles. The predicted octanol–water partition coefficient (Wildman–Crippen LogP) is 2.92. The number of piperidine rings is 1. The van der Waals surface area contributed by atoms with Crippen LogP contribution < -0.4 is 15.4 Å². The van der Waals surface area contributed by atoms with Gasteiger partial charge in [0.05, 0.1) is 19.4 Å². The van der Waals surface area contributed by atoms with Gasteiger partial charge in [0.2, 0.25) is 12.7 Å². The summed E-state index contributed by atoms with van der Waals surface area (Å²) in [5.74, 6) is 1.09. The van der Waals surface area contributed by atoms with Crippen LogP contribution in [0, 0.1) is 0 Å². The number of ether oxygens (including phenoxy) is 3. The van der Waals surface area contributed by atoms with Gasteiger partial charge >= 0.3 is 0 Å². The molecule has 0 saturated carbocycles. The number of rotatable bonds is 8. The second-order valence-electron chi connectivity index (χ2n) is 7.81. The third-order valence-corrected chi connectivity index (χ3v) is 5.80. The molecule has 0 spiro atoms. The zero-order valence-corrected chi connectivity index (χ0v) is 18.1. The smallest absolute Gasteiger partial charge is 0.249 e. The Morgan fingerprint density at radius 3 is 2.62 bits per heavy atom. The third-order valence-electron chi connectivity index (χ3n) is 5.80. The van der Waals surface area contributed by atoms with E-state index in [4.69, 9.17) is 14.2 Å². The van der Waals surface area contributed by atoms with Crippen molar-refractivity contribution >= 4 is 17.3 Å². The number of nitrogens with one attached hydrogen (secondary N) is 2. The van der Waals surface area contributed by atoms with Gasteiger partial charge in [0, 0.05) is 30.4 Å². The molecule has 8 heteroatoms. The highest BCUT2D eigenvalue weighted by atomic mass is 16.7. The fourth-order valence-corrected chi connectivity index (χ4v) is 4.15. The van der Waals surface area contributed by atoms with Gasteiger partial charge in [-0.2, -0.15) is 0 Å². The molecule has 3 N–H and O–H groups in total. The van der Waals surface area contributed by atoms with Crippen LogP contribution in [0.2, 0.25) is 0 Å². The summed E-state index contributed by atoms with van der Waals surface area (Å²) in [6, 6.07) is 14.7. The molecule has 1 unspecified atom stereocenters. The Bertz CT molecular complexity index is 920. The molecule has 1 atom stereocenters. The maximum atomic E-state index is 13.1. The standard InChI is InChI=1S/C24H29N3O5/c1-30-20-9-5-6-17(14-28)22(20)25-19-10-12-27(13-11-19)23(21-15-31-16-32-21)24(29)26-18-7-3-2-4-8-18/h2-9,15,19,23,25,28H,10-14,16H2,1H3,(H,26,29). The van der Waals surface area contributed by atoms with Crippen LogP contribution in [0.4, 0.5) is 11.4 Å². The lowest BCUT2D eigenvalue weighted by molar-refractivity contribution is -0.121. The maximum Gasteiger partial charge on any atom is 0.249 e. The van der Waals surface area contributed by atoms with Crippen molar-refractivity contribution in [1.29, 1.82) is 0 Å². The van der Waals surface area contributed by atoms with Gasteiger partial charge in [-0.1, -0.05) is 30.3 Å². The van der Waals surface area contributed by atoms with E-state index in [0.29, 0.717) is 24.6 Å². The van der Waals surface area contributed by atoms with Crippen LogP contribution >= 0.6 is 0 Å². The molecule has 0 radical (unpaired) electrons. The number of nitrogens with zero attached hydrogens (tertiary/aromatic N) is 1. The molecule has 2 aliphatic rings. The summed E-state index contributed by atoms with van der Waals surface area (Å²) in [7, 11) is 1.62. The number of likely N-dealkylation sites (tertiary alicyclic amines) is 1. The van der Waals surface area contributed by atoms with Crippen molar-refractivity contribution in [2.75, 3.05) is 37.6 Å². The van der Waals surface area contributed by atoms with E-state index in [-0.39, 0.29) is 25.3 Å². The maximum absolute atomic E-state index is 13.1. The van der Waals surface area contributed by atoms with E-state index in [1.54, 1.807) is 7.11 Å². The van der Waals surface area contributed by atoms with Crippen molar-refractivity contribution in [2.24, 2.45) is 0 Å². The summed E-state index contributed by atoms with van der Waals surface area (Å²) >= 11 is 0. The molecule has 4 rings (SSSR count). The van der Waals surface area contributed by atoms with Crippen molar-refractivity contribution in [3.63, 3.8) is 0 Å². The molecule has 2 aromatic rings. The molecule has 1 amide bonds. The average molecular weight is 440 g/mol. The number of anilines is 2. The zero-order chi connectivity index (χ0) is 22.3. The van der Waals surface area contributed by atoms with Gasteiger partial charge in [0.15, 0.2) is 11.8 Å². The van der Waals surface area contributed by atoms with E-state index in [2.05, 4.69) is 15.5 Å². The number of benzene rings is 2. The number of aliphatic hydroxyl groups is 1. The Morgan fingerprint density at radius 2 is 1.97 bits per heavy atom. The number of hydrogen-bond donors (Lipinski definition) is 3. The molecule has 2 aromatic carbocycles. The second-order valence-corrected chi connectivity index (χ2v) is 7.81. The highest BCUT2D eigenvalue weighted by Crippen LogP contribution is 2.31. The van der Waals surface area contributed by atoms with E-state index < -0.39 is 6.04 Å². The monoisotopic (exact) mass is 439 g/mol. The molecule has 1 fully saturated rings. The van der Waals surface area contributed by atoms with Gasteiger partial charge in [0.25, 0.3) is 0 Å². The van der Waals surface area contributed by atoms with Crippen molar-refractivity contribution < 1.29 is 24.1 Å². The number of carbonyl (C=O) groups excluding carboxylic acids is 1. The lowest BCUT2D eigenvalue weighted by atomic mass is 10.0. The summed E-state index contributed by atoms with van der Waals surface area (Å²) in [5, 5.41) is 16.2. The predicted molar refractivity (Wildman–Crippen MR) is 121 cm³/mol. The number of carbonyl (C=O) groups is 1. The SMILES string of the molecule is COc1cccc(CO)c1NC1CCN(C(C(=O)Nc2ccccc2)C2=COCO2)CC1. The molecule has 1 saturated heterocycles. The molecular weight excluding hydrogens is 410 g/mol. The van der Waals surface area contributed by atoms with E-state index >= 15 is 0 Å². The number of hydrogen-bond acceptors (Lipinski definition) is 7. The molecule has 2 aliphatic heterocycles. The van der Waals surface area contributed by atoms with E-state index in [0.717, 1.165) is 29.8 Å². The van der Waals surface area contributed by atoms with Crippen LogP contribution in [0.15, 0.2) is 60.6 Å². The van der Waals surface area contributed by atoms with Gasteiger partial charge in [0.1, 0.15) is 12.0 Å². The largest absolute Gasteiger partial charge is 0.495 e. The summed E-state index contributed by atoms with van der Waals surface area (Å²) in [4.78, 5) is 15.3. The molecule has 8 nitrogen and oxygen atoms in total. The highest BCUT2D eigenvalue weighted by molar-refractivity contribution is 5.96. The van der Waals surface area contributed by atoms with Gasteiger partial charge in [-0.05, 0) is 31.0 Å². The van der Waals surface area contributed by atoms with Crippen molar-refractivity contribution in [2.45, 2.75) is 31.5 Å². The molecule has 0 aromatic heterocycles. The van der Waals surface area contributed by atoms with Crippen molar-refractivity contribution in [3.8, 4) is 5.75 Å². The molecular formula is C24H29N3O5. The zero-order valence-electron chi connectivity index (χ0n) is 18.1. The third kappa shape index (κ3) is 4.98. The molecule has 0 bridgehead atoms. The Kier molecular flexibility index (Phi) is 7.14. The minimum Gasteiger partial charge on any atom is -0.495 e. The summed E-state index contributed by atoms with van der Waals surface area (Å²) in [5.41, 5.74) is 2.37. The normalized spacial score (nSPS) is 17.6. The Labute approximate surface area is 187 Å². The molecule has 170 valence electrons. The number of amides is 1. The summed E-state index contributed by atoms with van der Waals surface area (Å²) in [6.45, 7) is 1.47. The first-order valence-corrected chi connectivity index (χ1v) is 10.8. The number of para-hydroxylation sites is 2. The first-order valence-electron chi connectivity index (χ1n) is 10.8. The molecule has 2 heterocycles. The average Bonchev–Trinajstić information content (AvgIpc) is 3.35. The Balaban J connectivity index is 1.43. The van der Waals surface area contributed by atoms with E-state index in [1.165, 1.54) is 6.26 Å². The van der Waals surface area contributed by atoms with Crippen LogP contribution in [0.1, 0.15) is 18.4 Å². The van der Waals surface area contributed by atoms with Gasteiger partial charge in [-0.25, -0.2) is 0 Å². The number of aliphatic hydroxyl groups excluding tert-OH is 1. The summed E-state index contributed by atoms with van der Waals surface area (Å²) < 4.78 is 16.3. The van der Waals surface area contributed by atoms with E-state index in [9.17, 15) is 9.90 Å². The van der Waals surface area contributed by atoms with Crippen LogP contribution in [0.5, 0.6) is 5.75 Å². The lowest BCUT2D eigenvalue weighted by Gasteiger charge is -2.37. The van der Waals surface area contributed by atoms with Crippen molar-refractivity contribution in [3.05, 3.63) is 66.1 Å². The van der Waals surface area contributed by atoms with Crippen LogP contribution in [0.25, 0.3) is 0 Å². The lowest BCUT2D eigenvalue weighted by Crippen LogP contribution is -2.50. The fourth-order valence-electron chi connectivity index (χ4n) is 4.15. The van der Waals surface area contributed by atoms with Crippen LogP contribution in [0.3, 0.4) is 0 Å². The quantitative estimate of drug-likeness (QED) is 0.582. The summed E-state index contributed by atoms with van der Waals surface area (Å²) in [6.07, 6.45) is 3.18. The first kappa shape index (κ1) is 22.0. The van der Waals surface area contributed by atoms with Gasteiger partial charge in [-0.15, -0.1) is 0 Å². The van der Waals surface area contributed by atoms with Crippen molar-refractivity contribution in [1.82, 2.24) is 4.90 Å². The van der Waals surface area contributed by atoms with Gasteiger partial charge < -0.3 is 30.0 Å². The topological polar surface area (TPSA) is 92.3 Å². The van der Waals surface area contributed by atoms with Crippen LogP contribution in [-0.2, 0) is 20.9 Å². The Hall–Kier alpha value is -3.23. The molecule has 32 heavy (non-hydrogen) atoms. The Morgan fingerprint density at radius 1 is 1.19 bits per heavy atom. The minimum absolute atomic E-state index is 0.0639. The van der Waals surface area contributed by atoms with Gasteiger partial charge in [-0.3, -0.25) is 9.69 Å². The first-order chi connectivity index (χ1) is 15.7. The minimum atomic E-state index is -0.557. The fraction of sp³-hybridized carbons (Fsp3) is 0.375. The second kappa shape index (κ2) is 10.4. The van der Waals surface area contributed by atoms with Crippen LogP contribution in [-0.4, -0.2) is 55.0 Å². The highest BCUT2D eigenvalue weighted by Gasteiger charge is 2.35. The number of methoxy groups -OCH3 is 1. The van der Waals surface area contributed by atoms with E-state index in [1.807, 2.05) is 48.5 Å².